The van der Waals surface area contributed by atoms with E-state index in [0.717, 1.165) is 77.2 Å². The highest BCUT2D eigenvalue weighted by molar-refractivity contribution is 5.80. The van der Waals surface area contributed by atoms with Crippen LogP contribution in [-0.4, -0.2) is 84.8 Å². The van der Waals surface area contributed by atoms with Gasteiger partial charge in [-0.25, -0.2) is 0 Å². The number of hydrogen-bond donors (Lipinski definition) is 1. The van der Waals surface area contributed by atoms with Crippen molar-refractivity contribution in [2.75, 3.05) is 52.9 Å². The van der Waals surface area contributed by atoms with Crippen molar-refractivity contribution in [1.29, 1.82) is 0 Å². The molecule has 31 heavy (non-hydrogen) atoms. The number of benzene rings is 1. The van der Waals surface area contributed by atoms with Crippen LogP contribution < -0.4 is 5.32 Å². The number of hydrogen-bond acceptors (Lipinski definition) is 6. The average molecular weight is 427 g/mol. The number of piperazine rings is 1. The van der Waals surface area contributed by atoms with Crippen molar-refractivity contribution in [3.8, 4) is 0 Å². The zero-order chi connectivity index (χ0) is 21.5. The minimum Gasteiger partial charge on any atom is -0.376 e. The molecule has 0 saturated carbocycles. The third-order valence-corrected chi connectivity index (χ3v) is 5.93. The van der Waals surface area contributed by atoms with Gasteiger partial charge < -0.3 is 19.5 Å². The second-order valence-electron chi connectivity index (χ2n) is 8.39. The Kier molecular flexibility index (Phi) is 7.56. The van der Waals surface area contributed by atoms with Crippen LogP contribution in [0.2, 0.25) is 0 Å². The van der Waals surface area contributed by atoms with Gasteiger partial charge in [0.2, 0.25) is 0 Å². The smallest absolute Gasteiger partial charge is 0.194 e. The normalized spacial score (nSPS) is 21.4. The Labute approximate surface area is 184 Å². The molecule has 2 aromatic rings. The number of ether oxygens (including phenoxy) is 1. The number of rotatable bonds is 6. The maximum Gasteiger partial charge on any atom is 0.194 e. The van der Waals surface area contributed by atoms with Crippen LogP contribution in [0.15, 0.2) is 46.1 Å². The van der Waals surface area contributed by atoms with Crippen LogP contribution in [0, 0.1) is 0 Å². The summed E-state index contributed by atoms with van der Waals surface area (Å²) in [4.78, 5) is 11.7. The molecule has 1 aromatic carbocycles. The molecule has 3 heterocycles. The van der Waals surface area contributed by atoms with Gasteiger partial charge in [0.15, 0.2) is 5.96 Å². The van der Waals surface area contributed by atoms with Gasteiger partial charge in [-0.3, -0.25) is 14.8 Å². The summed E-state index contributed by atoms with van der Waals surface area (Å²) in [5.74, 6) is 0.966. The van der Waals surface area contributed by atoms with Gasteiger partial charge in [-0.15, -0.1) is 0 Å². The fourth-order valence-corrected chi connectivity index (χ4v) is 4.31. The van der Waals surface area contributed by atoms with Crippen LogP contribution in [0.3, 0.4) is 0 Å². The molecule has 0 amide bonds. The molecule has 0 aliphatic carbocycles. The van der Waals surface area contributed by atoms with E-state index < -0.39 is 0 Å². The Morgan fingerprint density at radius 3 is 2.68 bits per heavy atom. The minimum absolute atomic E-state index is 0.318. The Bertz CT molecular complexity index is 832. The summed E-state index contributed by atoms with van der Waals surface area (Å²) >= 11 is 0. The van der Waals surface area contributed by atoms with Gasteiger partial charge in [-0.05, 0) is 18.1 Å². The molecule has 2 saturated heterocycles. The van der Waals surface area contributed by atoms with Crippen molar-refractivity contribution in [2.45, 2.75) is 32.7 Å². The number of morpholine rings is 1. The number of nitrogens with zero attached hydrogens (tertiary/aromatic N) is 5. The summed E-state index contributed by atoms with van der Waals surface area (Å²) in [5, 5.41) is 7.57. The van der Waals surface area contributed by atoms with Crippen LogP contribution >= 0.6 is 0 Å². The summed E-state index contributed by atoms with van der Waals surface area (Å²) in [5.41, 5.74) is 3.62. The Balaban J connectivity index is 1.25. The van der Waals surface area contributed by atoms with Gasteiger partial charge in [0, 0.05) is 72.0 Å². The highest BCUT2D eigenvalue weighted by Gasteiger charge is 2.20. The lowest BCUT2D eigenvalue weighted by Gasteiger charge is -2.36. The topological polar surface area (TPSA) is 69.4 Å². The largest absolute Gasteiger partial charge is 0.376 e. The molecule has 2 fully saturated rings. The predicted octanol–water partition coefficient (Wildman–Crippen LogP) is 1.79. The third kappa shape index (κ3) is 6.29. The summed E-state index contributed by atoms with van der Waals surface area (Å²) in [6.07, 6.45) is 1.95. The van der Waals surface area contributed by atoms with Gasteiger partial charge in [-0.2, -0.15) is 0 Å². The summed E-state index contributed by atoms with van der Waals surface area (Å²) < 4.78 is 10.6. The first-order chi connectivity index (χ1) is 15.2. The number of nitrogens with one attached hydrogen (secondary N) is 1. The fraction of sp³-hybridized carbons (Fsp3) is 0.565. The molecule has 8 nitrogen and oxygen atoms in total. The monoisotopic (exact) mass is 426 g/mol. The molecule has 2 aliphatic heterocycles. The molecule has 0 radical (unpaired) electrons. The second kappa shape index (κ2) is 10.7. The highest BCUT2D eigenvalue weighted by atomic mass is 16.5. The van der Waals surface area contributed by atoms with Crippen LogP contribution in [-0.2, 0) is 24.4 Å². The average Bonchev–Trinajstić information content (AvgIpc) is 3.29. The molecule has 4 rings (SSSR count). The van der Waals surface area contributed by atoms with E-state index >= 15 is 0 Å². The minimum atomic E-state index is 0.318. The van der Waals surface area contributed by atoms with Gasteiger partial charge in [0.25, 0.3) is 0 Å². The van der Waals surface area contributed by atoms with Crippen molar-refractivity contribution < 1.29 is 9.26 Å². The number of aliphatic imine (C=N–C) groups is 1. The lowest BCUT2D eigenvalue weighted by atomic mass is 10.1. The van der Waals surface area contributed by atoms with Gasteiger partial charge >= 0.3 is 0 Å². The van der Waals surface area contributed by atoms with E-state index in [4.69, 9.17) is 9.26 Å². The van der Waals surface area contributed by atoms with E-state index in [1.807, 2.05) is 13.1 Å². The first-order valence-corrected chi connectivity index (χ1v) is 11.2. The number of aromatic nitrogens is 1. The van der Waals surface area contributed by atoms with Crippen molar-refractivity contribution >= 4 is 5.96 Å². The fourth-order valence-electron chi connectivity index (χ4n) is 4.31. The first kappa shape index (κ1) is 21.8. The van der Waals surface area contributed by atoms with Crippen molar-refractivity contribution in [3.63, 3.8) is 0 Å². The van der Waals surface area contributed by atoms with Gasteiger partial charge in [0.1, 0.15) is 6.26 Å². The maximum atomic E-state index is 5.66. The SMILES string of the molecule is CN=C(NCc1cccc(CN2CCOC(C)C2)c1)N1CCN(Cc2ccon2)CC1. The van der Waals surface area contributed by atoms with Crippen molar-refractivity contribution in [1.82, 2.24) is 25.2 Å². The molecule has 2 aliphatic rings. The lowest BCUT2D eigenvalue weighted by molar-refractivity contribution is -0.0212. The number of guanidine groups is 1. The molecule has 0 bridgehead atoms. The molecule has 1 unspecified atom stereocenters. The molecule has 1 atom stereocenters. The van der Waals surface area contributed by atoms with Crippen molar-refractivity contribution in [3.05, 3.63) is 53.4 Å². The molecule has 1 aromatic heterocycles. The van der Waals surface area contributed by atoms with E-state index in [9.17, 15) is 0 Å². The molecule has 1 N–H and O–H groups in total. The Hall–Kier alpha value is -2.42. The summed E-state index contributed by atoms with van der Waals surface area (Å²) in [6.45, 7) is 11.4. The van der Waals surface area contributed by atoms with E-state index in [0.29, 0.717) is 6.10 Å². The highest BCUT2D eigenvalue weighted by Crippen LogP contribution is 2.13. The van der Waals surface area contributed by atoms with E-state index in [1.165, 1.54) is 11.1 Å². The van der Waals surface area contributed by atoms with Crippen LogP contribution in [0.5, 0.6) is 0 Å². The van der Waals surface area contributed by atoms with Crippen molar-refractivity contribution in [2.24, 2.45) is 4.99 Å². The van der Waals surface area contributed by atoms with Crippen LogP contribution in [0.4, 0.5) is 0 Å². The van der Waals surface area contributed by atoms with Crippen LogP contribution in [0.1, 0.15) is 23.7 Å². The zero-order valence-electron chi connectivity index (χ0n) is 18.7. The summed E-state index contributed by atoms with van der Waals surface area (Å²) in [6, 6.07) is 10.8. The molecular weight excluding hydrogens is 392 g/mol. The quantitative estimate of drug-likeness (QED) is 0.558. The molecule has 0 spiro atoms. The van der Waals surface area contributed by atoms with Gasteiger partial charge in [0.05, 0.1) is 18.4 Å². The van der Waals surface area contributed by atoms with E-state index in [1.54, 1.807) is 6.26 Å². The summed E-state index contributed by atoms with van der Waals surface area (Å²) in [7, 11) is 1.86. The Morgan fingerprint density at radius 2 is 1.94 bits per heavy atom. The zero-order valence-corrected chi connectivity index (χ0v) is 18.7. The van der Waals surface area contributed by atoms with E-state index in [2.05, 4.69) is 61.4 Å². The second-order valence-corrected chi connectivity index (χ2v) is 8.39. The van der Waals surface area contributed by atoms with E-state index in [-0.39, 0.29) is 0 Å². The predicted molar refractivity (Wildman–Crippen MR) is 121 cm³/mol. The maximum absolute atomic E-state index is 5.66. The lowest BCUT2D eigenvalue weighted by Crippen LogP contribution is -2.52. The third-order valence-electron chi connectivity index (χ3n) is 5.93. The standard InChI is InChI=1S/C23H34N6O2/c1-19-16-28(11-13-30-19)17-21-5-3-4-20(14-21)15-25-23(24-2)29-9-7-27(8-10-29)18-22-6-12-31-26-22/h3-6,12,14,19H,7-11,13,15-18H2,1-2H3,(H,24,25). The first-order valence-electron chi connectivity index (χ1n) is 11.2. The molecule has 168 valence electrons. The molecule has 8 heteroatoms. The Morgan fingerprint density at radius 1 is 1.10 bits per heavy atom. The molecular formula is C23H34N6O2. The van der Waals surface area contributed by atoms with Crippen LogP contribution in [0.25, 0.3) is 0 Å². The van der Waals surface area contributed by atoms with Gasteiger partial charge in [-0.1, -0.05) is 29.4 Å².